The highest BCUT2D eigenvalue weighted by atomic mass is 32.2. The summed E-state index contributed by atoms with van der Waals surface area (Å²) >= 11 is 0. The summed E-state index contributed by atoms with van der Waals surface area (Å²) in [6.45, 7) is 0.365. The van der Waals surface area contributed by atoms with Gasteiger partial charge in [0.2, 0.25) is 10.0 Å². The molecule has 104 valence electrons. The maximum atomic E-state index is 12.0. The third-order valence-electron chi connectivity index (χ3n) is 3.04. The molecule has 1 saturated carbocycles. The van der Waals surface area contributed by atoms with Gasteiger partial charge in [0, 0.05) is 18.7 Å². The van der Waals surface area contributed by atoms with Crippen LogP contribution < -0.4 is 10.5 Å². The third kappa shape index (κ3) is 3.42. The van der Waals surface area contributed by atoms with Crippen molar-refractivity contribution in [3.63, 3.8) is 0 Å². The summed E-state index contributed by atoms with van der Waals surface area (Å²) in [6, 6.07) is 3.34. The van der Waals surface area contributed by atoms with Crippen LogP contribution in [0.15, 0.2) is 23.1 Å². The number of hydrogen-bond acceptors (Lipinski definition) is 5. The molecule has 1 aliphatic carbocycles. The molecule has 0 unspecified atom stereocenters. The maximum Gasteiger partial charge on any atom is 0.271 e. The molecule has 0 atom stereocenters. The molecular formula is C11H15N3O4S. The van der Waals surface area contributed by atoms with Gasteiger partial charge in [0.05, 0.1) is 10.6 Å². The molecule has 19 heavy (non-hydrogen) atoms. The quantitative estimate of drug-likeness (QED) is 0.463. The predicted molar refractivity (Wildman–Crippen MR) is 70.0 cm³/mol. The molecule has 1 aliphatic rings. The average Bonchev–Trinajstić information content (AvgIpc) is 3.12. The van der Waals surface area contributed by atoms with Crippen LogP contribution in [0.4, 0.5) is 11.4 Å². The van der Waals surface area contributed by atoms with Crippen LogP contribution in [0.3, 0.4) is 0 Å². The molecular weight excluding hydrogens is 270 g/mol. The van der Waals surface area contributed by atoms with Gasteiger partial charge in [-0.15, -0.1) is 0 Å². The average molecular weight is 285 g/mol. The second-order valence-electron chi connectivity index (χ2n) is 4.61. The van der Waals surface area contributed by atoms with Crippen molar-refractivity contribution < 1.29 is 13.3 Å². The summed E-state index contributed by atoms with van der Waals surface area (Å²) < 4.78 is 26.4. The number of nitro benzene ring substituents is 1. The topological polar surface area (TPSA) is 115 Å². The zero-order valence-corrected chi connectivity index (χ0v) is 11.0. The number of nitrogens with zero attached hydrogens (tertiary/aromatic N) is 1. The van der Waals surface area contributed by atoms with Gasteiger partial charge in [-0.1, -0.05) is 12.8 Å². The molecule has 0 bridgehead atoms. The Morgan fingerprint density at radius 2 is 2.11 bits per heavy atom. The van der Waals surface area contributed by atoms with Crippen LogP contribution in [-0.2, 0) is 10.0 Å². The van der Waals surface area contributed by atoms with Gasteiger partial charge in [0.25, 0.3) is 5.69 Å². The molecule has 0 spiro atoms. The van der Waals surface area contributed by atoms with Gasteiger partial charge in [0.1, 0.15) is 4.90 Å². The SMILES string of the molecule is Nc1cc([N+](=O)[O-])ccc1S(=O)(=O)NCCC1CC1. The van der Waals surface area contributed by atoms with Crippen LogP contribution in [0.5, 0.6) is 0 Å². The second kappa shape index (κ2) is 5.14. The molecule has 3 N–H and O–H groups in total. The van der Waals surface area contributed by atoms with Crippen LogP contribution >= 0.6 is 0 Å². The number of hydrogen-bond donors (Lipinski definition) is 2. The molecule has 0 heterocycles. The smallest absolute Gasteiger partial charge is 0.271 e. The number of nitrogens with two attached hydrogens (primary N) is 1. The molecule has 1 fully saturated rings. The summed E-state index contributed by atoms with van der Waals surface area (Å²) in [7, 11) is -3.70. The number of benzene rings is 1. The fourth-order valence-electron chi connectivity index (χ4n) is 1.78. The lowest BCUT2D eigenvalue weighted by atomic mass is 10.3. The van der Waals surface area contributed by atoms with Crippen LogP contribution in [0, 0.1) is 16.0 Å². The number of anilines is 1. The number of nitrogens with one attached hydrogen (secondary N) is 1. The van der Waals surface area contributed by atoms with Gasteiger partial charge in [-0.3, -0.25) is 10.1 Å². The fraction of sp³-hybridized carbons (Fsp3) is 0.455. The van der Waals surface area contributed by atoms with Gasteiger partial charge < -0.3 is 5.73 Å². The van der Waals surface area contributed by atoms with Crippen molar-refractivity contribution in [2.24, 2.45) is 5.92 Å². The summed E-state index contributed by atoms with van der Waals surface area (Å²) in [4.78, 5) is 9.82. The molecule has 2 rings (SSSR count). The zero-order valence-electron chi connectivity index (χ0n) is 10.2. The predicted octanol–water partition coefficient (Wildman–Crippen LogP) is 1.26. The Labute approximate surface area is 111 Å². The van der Waals surface area contributed by atoms with E-state index in [1.54, 1.807) is 0 Å². The van der Waals surface area contributed by atoms with Gasteiger partial charge in [-0.2, -0.15) is 0 Å². The van der Waals surface area contributed by atoms with E-state index in [1.807, 2.05) is 0 Å². The minimum Gasteiger partial charge on any atom is -0.397 e. The standard InChI is InChI=1S/C11H15N3O4S/c12-10-7-9(14(15)16)3-4-11(10)19(17,18)13-6-5-8-1-2-8/h3-4,7-8,13H,1-2,5-6,12H2. The lowest BCUT2D eigenvalue weighted by molar-refractivity contribution is -0.384. The number of sulfonamides is 1. The van der Waals surface area contributed by atoms with Crippen molar-refractivity contribution in [3.05, 3.63) is 28.3 Å². The first-order valence-electron chi connectivity index (χ1n) is 5.94. The van der Waals surface area contributed by atoms with Crippen molar-refractivity contribution in [2.75, 3.05) is 12.3 Å². The molecule has 8 heteroatoms. The second-order valence-corrected chi connectivity index (χ2v) is 6.34. The first-order chi connectivity index (χ1) is 8.90. The van der Waals surface area contributed by atoms with E-state index in [0.29, 0.717) is 12.5 Å². The van der Waals surface area contributed by atoms with E-state index in [1.165, 1.54) is 0 Å². The molecule has 0 radical (unpaired) electrons. The van der Waals surface area contributed by atoms with Gasteiger partial charge in [-0.05, 0) is 18.4 Å². The fourth-order valence-corrected chi connectivity index (χ4v) is 2.93. The number of non-ortho nitro benzene ring substituents is 1. The molecule has 0 aromatic heterocycles. The van der Waals surface area contributed by atoms with E-state index >= 15 is 0 Å². The minimum absolute atomic E-state index is 0.117. The van der Waals surface area contributed by atoms with E-state index in [4.69, 9.17) is 5.73 Å². The van der Waals surface area contributed by atoms with Crippen LogP contribution in [0.2, 0.25) is 0 Å². The van der Waals surface area contributed by atoms with Crippen molar-refractivity contribution in [1.29, 1.82) is 0 Å². The summed E-state index contributed by atoms with van der Waals surface area (Å²) in [6.07, 6.45) is 3.12. The highest BCUT2D eigenvalue weighted by molar-refractivity contribution is 7.89. The highest BCUT2D eigenvalue weighted by Crippen LogP contribution is 2.32. The Bertz CT molecular complexity index is 596. The summed E-state index contributed by atoms with van der Waals surface area (Å²) in [5.41, 5.74) is 5.22. The van der Waals surface area contributed by atoms with E-state index in [0.717, 1.165) is 37.5 Å². The normalized spacial score (nSPS) is 15.4. The van der Waals surface area contributed by atoms with Crippen molar-refractivity contribution in [2.45, 2.75) is 24.2 Å². The third-order valence-corrected chi connectivity index (χ3v) is 4.57. The van der Waals surface area contributed by atoms with E-state index in [9.17, 15) is 18.5 Å². The maximum absolute atomic E-state index is 12.0. The highest BCUT2D eigenvalue weighted by Gasteiger charge is 2.23. The van der Waals surface area contributed by atoms with Crippen LogP contribution in [0.1, 0.15) is 19.3 Å². The molecule has 0 amide bonds. The molecule has 1 aromatic rings. The van der Waals surface area contributed by atoms with E-state index in [-0.39, 0.29) is 16.3 Å². The Morgan fingerprint density at radius 3 is 2.63 bits per heavy atom. The molecule has 7 nitrogen and oxygen atoms in total. The van der Waals surface area contributed by atoms with Crippen molar-refractivity contribution >= 4 is 21.4 Å². The van der Waals surface area contributed by atoms with Gasteiger partial charge in [0.15, 0.2) is 0 Å². The minimum atomic E-state index is -3.70. The van der Waals surface area contributed by atoms with Crippen LogP contribution in [0.25, 0.3) is 0 Å². The van der Waals surface area contributed by atoms with Crippen LogP contribution in [-0.4, -0.2) is 19.9 Å². The number of rotatable bonds is 6. The molecule has 0 aliphatic heterocycles. The van der Waals surface area contributed by atoms with E-state index in [2.05, 4.69) is 4.72 Å². The Hall–Kier alpha value is -1.67. The van der Waals surface area contributed by atoms with E-state index < -0.39 is 14.9 Å². The first kappa shape index (κ1) is 13.8. The van der Waals surface area contributed by atoms with Gasteiger partial charge in [-0.25, -0.2) is 13.1 Å². The molecule has 0 saturated heterocycles. The van der Waals surface area contributed by atoms with Gasteiger partial charge >= 0.3 is 0 Å². The Kier molecular flexibility index (Phi) is 3.72. The summed E-state index contributed by atoms with van der Waals surface area (Å²) in [5.74, 6) is 0.622. The zero-order chi connectivity index (χ0) is 14.0. The molecule has 1 aromatic carbocycles. The lowest BCUT2D eigenvalue weighted by Crippen LogP contribution is -2.25. The first-order valence-corrected chi connectivity index (χ1v) is 7.42. The Morgan fingerprint density at radius 1 is 1.42 bits per heavy atom. The van der Waals surface area contributed by atoms with Crippen molar-refractivity contribution in [3.8, 4) is 0 Å². The number of nitrogen functional groups attached to an aromatic ring is 1. The summed E-state index contributed by atoms with van der Waals surface area (Å²) in [5, 5.41) is 10.6. The Balaban J connectivity index is 2.12. The largest absolute Gasteiger partial charge is 0.397 e. The monoisotopic (exact) mass is 285 g/mol. The number of nitro groups is 1. The van der Waals surface area contributed by atoms with Crippen molar-refractivity contribution in [1.82, 2.24) is 4.72 Å². The lowest BCUT2D eigenvalue weighted by Gasteiger charge is -2.08.